The van der Waals surface area contributed by atoms with Crippen LogP contribution in [0.25, 0.3) is 0 Å². The number of thiocarbonyl (C=S) groups is 1. The second kappa shape index (κ2) is 7.02. The van der Waals surface area contributed by atoms with Crippen molar-refractivity contribution in [2.45, 2.75) is 19.5 Å². The highest BCUT2D eigenvalue weighted by Crippen LogP contribution is 2.27. The van der Waals surface area contributed by atoms with Gasteiger partial charge in [0, 0.05) is 28.6 Å². The maximum absolute atomic E-state index is 5.72. The zero-order chi connectivity index (χ0) is 15.4. The van der Waals surface area contributed by atoms with Gasteiger partial charge in [-0.05, 0) is 43.6 Å². The molecule has 5 heteroatoms. The molecule has 0 aliphatic carbocycles. The van der Waals surface area contributed by atoms with Crippen molar-refractivity contribution in [1.29, 1.82) is 0 Å². The standard InChI is InChI=1S/C16H20N2OS2/c1-11(15-5-4-8-21-15)18(2)10-13-9-12(16(17)20)6-7-14(13)19-3/h4-9,11H,10H2,1-3H3,(H2,17,20). The van der Waals surface area contributed by atoms with E-state index in [2.05, 4.69) is 36.4 Å². The molecule has 0 fully saturated rings. The molecule has 0 aliphatic heterocycles. The molecular formula is C16H20N2OS2. The molecule has 21 heavy (non-hydrogen) atoms. The fraction of sp³-hybridized carbons (Fsp3) is 0.312. The van der Waals surface area contributed by atoms with Crippen molar-refractivity contribution in [3.8, 4) is 5.75 Å². The first-order valence-corrected chi connectivity index (χ1v) is 8.02. The van der Waals surface area contributed by atoms with Gasteiger partial charge in [-0.25, -0.2) is 0 Å². The highest BCUT2D eigenvalue weighted by atomic mass is 32.1. The van der Waals surface area contributed by atoms with E-state index in [0.29, 0.717) is 11.0 Å². The van der Waals surface area contributed by atoms with Crippen LogP contribution in [0, 0.1) is 0 Å². The molecular weight excluding hydrogens is 300 g/mol. The van der Waals surface area contributed by atoms with Gasteiger partial charge in [-0.3, -0.25) is 4.90 Å². The molecule has 1 heterocycles. The lowest BCUT2D eigenvalue weighted by Gasteiger charge is -2.25. The number of rotatable bonds is 6. The van der Waals surface area contributed by atoms with E-state index in [1.54, 1.807) is 18.4 Å². The number of ether oxygens (including phenoxy) is 1. The van der Waals surface area contributed by atoms with Gasteiger partial charge in [-0.2, -0.15) is 0 Å². The molecule has 1 aromatic heterocycles. The molecule has 1 aromatic carbocycles. The molecule has 1 atom stereocenters. The van der Waals surface area contributed by atoms with Crippen LogP contribution in [0.4, 0.5) is 0 Å². The Hall–Kier alpha value is -1.43. The van der Waals surface area contributed by atoms with Crippen molar-refractivity contribution in [3.05, 3.63) is 51.7 Å². The van der Waals surface area contributed by atoms with E-state index >= 15 is 0 Å². The Morgan fingerprint density at radius 1 is 1.43 bits per heavy atom. The summed E-state index contributed by atoms with van der Waals surface area (Å²) in [6, 6.07) is 10.4. The Morgan fingerprint density at radius 2 is 2.19 bits per heavy atom. The molecule has 2 N–H and O–H groups in total. The van der Waals surface area contributed by atoms with Crippen LogP contribution in [0.5, 0.6) is 5.75 Å². The van der Waals surface area contributed by atoms with Gasteiger partial charge in [0.2, 0.25) is 0 Å². The average Bonchev–Trinajstić information content (AvgIpc) is 3.00. The van der Waals surface area contributed by atoms with Crippen LogP contribution in [0.3, 0.4) is 0 Å². The van der Waals surface area contributed by atoms with E-state index in [-0.39, 0.29) is 0 Å². The summed E-state index contributed by atoms with van der Waals surface area (Å²) >= 11 is 6.83. The summed E-state index contributed by atoms with van der Waals surface area (Å²) in [5.41, 5.74) is 7.69. The predicted octanol–water partition coefficient (Wildman–Crippen LogP) is 3.58. The van der Waals surface area contributed by atoms with Crippen LogP contribution in [-0.4, -0.2) is 24.0 Å². The highest BCUT2D eigenvalue weighted by molar-refractivity contribution is 7.80. The smallest absolute Gasteiger partial charge is 0.123 e. The number of nitrogens with zero attached hydrogens (tertiary/aromatic N) is 1. The van der Waals surface area contributed by atoms with Gasteiger partial charge in [-0.1, -0.05) is 18.3 Å². The Labute approximate surface area is 135 Å². The molecule has 0 amide bonds. The van der Waals surface area contributed by atoms with Gasteiger partial charge in [0.15, 0.2) is 0 Å². The van der Waals surface area contributed by atoms with Crippen molar-refractivity contribution in [2.24, 2.45) is 5.73 Å². The van der Waals surface area contributed by atoms with Gasteiger partial charge in [0.05, 0.1) is 7.11 Å². The van der Waals surface area contributed by atoms with E-state index in [1.807, 2.05) is 18.2 Å². The molecule has 3 nitrogen and oxygen atoms in total. The topological polar surface area (TPSA) is 38.5 Å². The zero-order valence-electron chi connectivity index (χ0n) is 12.5. The molecule has 0 saturated carbocycles. The summed E-state index contributed by atoms with van der Waals surface area (Å²) < 4.78 is 5.44. The van der Waals surface area contributed by atoms with Crippen LogP contribution in [0.2, 0.25) is 0 Å². The number of methoxy groups -OCH3 is 1. The van der Waals surface area contributed by atoms with Gasteiger partial charge in [-0.15, -0.1) is 11.3 Å². The summed E-state index contributed by atoms with van der Waals surface area (Å²) in [7, 11) is 3.79. The second-order valence-corrected chi connectivity index (χ2v) is 6.42. The largest absolute Gasteiger partial charge is 0.496 e. The normalized spacial score (nSPS) is 12.4. The molecule has 1 unspecified atom stereocenters. The fourth-order valence-corrected chi connectivity index (χ4v) is 3.18. The quantitative estimate of drug-likeness (QED) is 0.826. The second-order valence-electron chi connectivity index (χ2n) is 5.00. The van der Waals surface area contributed by atoms with Crippen molar-refractivity contribution in [3.63, 3.8) is 0 Å². The first kappa shape index (κ1) is 15.9. The van der Waals surface area contributed by atoms with Crippen LogP contribution in [0.1, 0.15) is 29.0 Å². The van der Waals surface area contributed by atoms with E-state index in [0.717, 1.165) is 23.4 Å². The SMILES string of the molecule is COc1ccc(C(N)=S)cc1CN(C)C(C)c1cccs1. The lowest BCUT2D eigenvalue weighted by Crippen LogP contribution is -2.22. The van der Waals surface area contributed by atoms with Gasteiger partial charge in [0.1, 0.15) is 10.7 Å². The van der Waals surface area contributed by atoms with Crippen molar-refractivity contribution >= 4 is 28.5 Å². The van der Waals surface area contributed by atoms with Crippen LogP contribution >= 0.6 is 23.6 Å². The summed E-state index contributed by atoms with van der Waals surface area (Å²) in [5, 5.41) is 2.10. The summed E-state index contributed by atoms with van der Waals surface area (Å²) in [6.07, 6.45) is 0. The Kier molecular flexibility index (Phi) is 5.33. The average molecular weight is 320 g/mol. The van der Waals surface area contributed by atoms with Gasteiger partial charge < -0.3 is 10.5 Å². The number of hydrogen-bond donors (Lipinski definition) is 1. The van der Waals surface area contributed by atoms with Gasteiger partial charge in [0.25, 0.3) is 0 Å². The lowest BCUT2D eigenvalue weighted by atomic mass is 10.1. The van der Waals surface area contributed by atoms with E-state index < -0.39 is 0 Å². The lowest BCUT2D eigenvalue weighted by molar-refractivity contribution is 0.252. The minimum Gasteiger partial charge on any atom is -0.496 e. The number of hydrogen-bond acceptors (Lipinski definition) is 4. The maximum Gasteiger partial charge on any atom is 0.123 e. The Balaban J connectivity index is 2.21. The van der Waals surface area contributed by atoms with Gasteiger partial charge >= 0.3 is 0 Å². The predicted molar refractivity (Wildman–Crippen MR) is 93.1 cm³/mol. The summed E-state index contributed by atoms with van der Waals surface area (Å²) in [5.74, 6) is 0.861. The minimum atomic E-state index is 0.350. The summed E-state index contributed by atoms with van der Waals surface area (Å²) in [6.45, 7) is 2.98. The monoisotopic (exact) mass is 320 g/mol. The molecule has 0 bridgehead atoms. The van der Waals surface area contributed by atoms with Crippen molar-refractivity contribution in [2.75, 3.05) is 14.2 Å². The molecule has 0 saturated heterocycles. The Morgan fingerprint density at radius 3 is 2.76 bits per heavy atom. The van der Waals surface area contributed by atoms with Crippen molar-refractivity contribution in [1.82, 2.24) is 4.90 Å². The number of thiophene rings is 1. The molecule has 2 rings (SSSR count). The fourth-order valence-electron chi connectivity index (χ4n) is 2.21. The first-order valence-electron chi connectivity index (χ1n) is 6.73. The van der Waals surface area contributed by atoms with Crippen LogP contribution in [0.15, 0.2) is 35.7 Å². The molecule has 0 aliphatic rings. The number of nitrogens with two attached hydrogens (primary N) is 1. The Bertz CT molecular complexity index is 611. The van der Waals surface area contributed by atoms with E-state index in [4.69, 9.17) is 22.7 Å². The summed E-state index contributed by atoms with van der Waals surface area (Å²) in [4.78, 5) is 4.04. The van der Waals surface area contributed by atoms with Crippen LogP contribution < -0.4 is 10.5 Å². The molecule has 2 aromatic rings. The highest BCUT2D eigenvalue weighted by Gasteiger charge is 2.15. The van der Waals surface area contributed by atoms with Crippen molar-refractivity contribution < 1.29 is 4.74 Å². The third kappa shape index (κ3) is 3.81. The molecule has 112 valence electrons. The first-order chi connectivity index (χ1) is 10.0. The van der Waals surface area contributed by atoms with E-state index in [9.17, 15) is 0 Å². The third-order valence-corrected chi connectivity index (χ3v) is 4.88. The maximum atomic E-state index is 5.72. The third-order valence-electron chi connectivity index (χ3n) is 3.60. The number of benzene rings is 1. The van der Waals surface area contributed by atoms with Crippen LogP contribution in [-0.2, 0) is 6.54 Å². The van der Waals surface area contributed by atoms with E-state index in [1.165, 1.54) is 4.88 Å². The molecule has 0 radical (unpaired) electrons. The zero-order valence-corrected chi connectivity index (χ0v) is 14.1. The molecule has 0 spiro atoms. The minimum absolute atomic E-state index is 0.350.